The Morgan fingerprint density at radius 3 is 2.73 bits per heavy atom. The predicted molar refractivity (Wildman–Crippen MR) is 48.9 cm³/mol. The minimum Gasteiger partial charge on any atom is -0.481 e. The van der Waals surface area contributed by atoms with E-state index in [0.29, 0.717) is 11.5 Å². The second kappa shape index (κ2) is 3.87. The Balaban J connectivity index is 2.24. The molecule has 2 rings (SSSR count). The van der Waals surface area contributed by atoms with Crippen LogP contribution in [-0.2, 0) is 11.2 Å². The number of rotatable bonds is 3. The molecule has 2 aromatic rings. The lowest BCUT2D eigenvalue weighted by Gasteiger charge is -1.91. The van der Waals surface area contributed by atoms with Gasteiger partial charge in [-0.2, -0.15) is 0 Å². The summed E-state index contributed by atoms with van der Waals surface area (Å²) in [5.74, 6) is -0.608. The molecular weight excluding hydrogens is 198 g/mol. The molecule has 0 atom stereocenters. The highest BCUT2D eigenvalue weighted by Gasteiger charge is 2.10. The summed E-state index contributed by atoms with van der Waals surface area (Å²) >= 11 is 0. The third kappa shape index (κ3) is 2.16. The van der Waals surface area contributed by atoms with Crippen molar-refractivity contribution in [1.29, 1.82) is 0 Å². The van der Waals surface area contributed by atoms with E-state index in [2.05, 4.69) is 15.2 Å². The molecule has 2 heterocycles. The average molecular weight is 205 g/mol. The third-order valence-electron chi connectivity index (χ3n) is 1.70. The van der Waals surface area contributed by atoms with E-state index in [-0.39, 0.29) is 12.3 Å². The number of carboxylic acids is 1. The fourth-order valence-corrected chi connectivity index (χ4v) is 1.07. The Morgan fingerprint density at radius 1 is 1.33 bits per heavy atom. The minimum atomic E-state index is -1.00. The number of aromatic nitrogens is 3. The second-order valence-electron chi connectivity index (χ2n) is 2.81. The quantitative estimate of drug-likeness (QED) is 0.795. The van der Waals surface area contributed by atoms with Crippen LogP contribution < -0.4 is 0 Å². The van der Waals surface area contributed by atoms with Gasteiger partial charge in [0.05, 0.1) is 0 Å². The molecule has 0 aromatic carbocycles. The molecule has 0 radical (unpaired) electrons. The van der Waals surface area contributed by atoms with Crippen molar-refractivity contribution in [3.05, 3.63) is 30.4 Å². The van der Waals surface area contributed by atoms with Gasteiger partial charge in [0.15, 0.2) is 0 Å². The van der Waals surface area contributed by atoms with Crippen LogP contribution in [0.1, 0.15) is 5.89 Å². The molecule has 6 nitrogen and oxygen atoms in total. The van der Waals surface area contributed by atoms with Crippen LogP contribution in [0.2, 0.25) is 0 Å². The van der Waals surface area contributed by atoms with Crippen molar-refractivity contribution < 1.29 is 14.3 Å². The summed E-state index contributed by atoms with van der Waals surface area (Å²) in [6, 6.07) is 3.41. The van der Waals surface area contributed by atoms with Gasteiger partial charge in [0.1, 0.15) is 6.42 Å². The number of carbonyl (C=O) groups is 1. The van der Waals surface area contributed by atoms with Crippen LogP contribution in [0.5, 0.6) is 0 Å². The highest BCUT2D eigenvalue weighted by molar-refractivity contribution is 5.68. The molecule has 6 heteroatoms. The molecule has 0 saturated heterocycles. The van der Waals surface area contributed by atoms with Crippen molar-refractivity contribution >= 4 is 5.97 Å². The van der Waals surface area contributed by atoms with Crippen LogP contribution in [0.3, 0.4) is 0 Å². The first kappa shape index (κ1) is 9.32. The maximum atomic E-state index is 10.4. The van der Waals surface area contributed by atoms with Gasteiger partial charge in [-0.1, -0.05) is 0 Å². The smallest absolute Gasteiger partial charge is 0.312 e. The third-order valence-corrected chi connectivity index (χ3v) is 1.70. The summed E-state index contributed by atoms with van der Waals surface area (Å²) in [4.78, 5) is 14.2. The Kier molecular flexibility index (Phi) is 2.40. The average Bonchev–Trinajstić information content (AvgIpc) is 2.67. The molecule has 76 valence electrons. The molecule has 0 aliphatic rings. The molecule has 0 aliphatic carbocycles. The highest BCUT2D eigenvalue weighted by atomic mass is 16.4. The van der Waals surface area contributed by atoms with E-state index in [1.807, 2.05) is 0 Å². The van der Waals surface area contributed by atoms with Gasteiger partial charge in [-0.05, 0) is 12.1 Å². The first-order valence-corrected chi connectivity index (χ1v) is 4.20. The first-order chi connectivity index (χ1) is 7.25. The van der Waals surface area contributed by atoms with Crippen LogP contribution in [0.25, 0.3) is 11.5 Å². The minimum absolute atomic E-state index is 0.0920. The van der Waals surface area contributed by atoms with E-state index < -0.39 is 5.97 Å². The van der Waals surface area contributed by atoms with Crippen molar-refractivity contribution in [1.82, 2.24) is 15.2 Å². The van der Waals surface area contributed by atoms with Crippen LogP contribution in [0.15, 0.2) is 28.9 Å². The topological polar surface area (TPSA) is 89.1 Å². The maximum Gasteiger partial charge on any atom is 0.312 e. The van der Waals surface area contributed by atoms with Crippen LogP contribution in [0, 0.1) is 0 Å². The highest BCUT2D eigenvalue weighted by Crippen LogP contribution is 2.16. The molecule has 0 unspecified atom stereocenters. The number of carboxylic acid groups (broad SMARTS) is 1. The second-order valence-corrected chi connectivity index (χ2v) is 2.81. The summed E-state index contributed by atoms with van der Waals surface area (Å²) < 4.78 is 5.15. The zero-order valence-electron chi connectivity index (χ0n) is 7.62. The van der Waals surface area contributed by atoms with E-state index in [1.54, 1.807) is 24.5 Å². The summed E-state index contributed by atoms with van der Waals surface area (Å²) in [6.45, 7) is 0. The summed E-state index contributed by atoms with van der Waals surface area (Å²) in [7, 11) is 0. The molecule has 15 heavy (non-hydrogen) atoms. The number of pyridine rings is 1. The zero-order chi connectivity index (χ0) is 10.7. The Bertz CT molecular complexity index is 466. The summed E-state index contributed by atoms with van der Waals surface area (Å²) in [6.07, 6.45) is 2.92. The van der Waals surface area contributed by atoms with Gasteiger partial charge in [-0.3, -0.25) is 9.78 Å². The van der Waals surface area contributed by atoms with Gasteiger partial charge in [0.2, 0.25) is 11.8 Å². The van der Waals surface area contributed by atoms with Gasteiger partial charge in [-0.25, -0.2) is 0 Å². The lowest BCUT2D eigenvalue weighted by molar-refractivity contribution is -0.136. The fourth-order valence-electron chi connectivity index (χ4n) is 1.07. The van der Waals surface area contributed by atoms with Gasteiger partial charge >= 0.3 is 5.97 Å². The van der Waals surface area contributed by atoms with E-state index >= 15 is 0 Å². The lowest BCUT2D eigenvalue weighted by Crippen LogP contribution is -1.99. The Labute approximate surface area is 84.6 Å². The number of nitrogens with zero attached hydrogens (tertiary/aromatic N) is 3. The van der Waals surface area contributed by atoms with Crippen LogP contribution >= 0.6 is 0 Å². The van der Waals surface area contributed by atoms with Crippen LogP contribution in [0.4, 0.5) is 0 Å². The normalized spacial score (nSPS) is 10.1. The SMILES string of the molecule is O=C(O)Cc1nnc(-c2ccncc2)o1. The van der Waals surface area contributed by atoms with Crippen molar-refractivity contribution in [3.8, 4) is 11.5 Å². The molecule has 0 amide bonds. The molecular formula is C9H7N3O3. The van der Waals surface area contributed by atoms with Gasteiger partial charge in [0.25, 0.3) is 0 Å². The Morgan fingerprint density at radius 2 is 2.07 bits per heavy atom. The number of hydrogen-bond acceptors (Lipinski definition) is 5. The van der Waals surface area contributed by atoms with Gasteiger partial charge in [0, 0.05) is 18.0 Å². The maximum absolute atomic E-state index is 10.4. The zero-order valence-corrected chi connectivity index (χ0v) is 7.62. The van der Waals surface area contributed by atoms with Crippen molar-refractivity contribution in [3.63, 3.8) is 0 Å². The fraction of sp³-hybridized carbons (Fsp3) is 0.111. The molecule has 2 aromatic heterocycles. The first-order valence-electron chi connectivity index (χ1n) is 4.20. The molecule has 0 fully saturated rings. The molecule has 0 bridgehead atoms. The van der Waals surface area contributed by atoms with E-state index in [9.17, 15) is 4.79 Å². The largest absolute Gasteiger partial charge is 0.481 e. The van der Waals surface area contributed by atoms with Crippen LogP contribution in [-0.4, -0.2) is 26.3 Å². The van der Waals surface area contributed by atoms with E-state index in [4.69, 9.17) is 9.52 Å². The molecule has 0 saturated carbocycles. The standard InChI is InChI=1S/C9H7N3O3/c13-8(14)5-7-11-12-9(15-7)6-1-3-10-4-2-6/h1-4H,5H2,(H,13,14). The summed E-state index contributed by atoms with van der Waals surface area (Å²) in [5, 5.41) is 15.9. The van der Waals surface area contributed by atoms with E-state index in [0.717, 1.165) is 0 Å². The number of aliphatic carboxylic acids is 1. The van der Waals surface area contributed by atoms with Crippen molar-refractivity contribution in [2.24, 2.45) is 0 Å². The Hall–Kier alpha value is -2.24. The van der Waals surface area contributed by atoms with Crippen molar-refractivity contribution in [2.75, 3.05) is 0 Å². The molecule has 0 aliphatic heterocycles. The molecule has 1 N–H and O–H groups in total. The van der Waals surface area contributed by atoms with Crippen molar-refractivity contribution in [2.45, 2.75) is 6.42 Å². The molecule has 0 spiro atoms. The summed E-state index contributed by atoms with van der Waals surface area (Å²) in [5.41, 5.74) is 0.717. The lowest BCUT2D eigenvalue weighted by atomic mass is 10.3. The van der Waals surface area contributed by atoms with Gasteiger partial charge in [-0.15, -0.1) is 10.2 Å². The predicted octanol–water partition coefficient (Wildman–Crippen LogP) is 0.759. The number of hydrogen-bond donors (Lipinski definition) is 1. The van der Waals surface area contributed by atoms with Gasteiger partial charge < -0.3 is 9.52 Å². The monoisotopic (exact) mass is 205 g/mol. The van der Waals surface area contributed by atoms with E-state index in [1.165, 1.54) is 0 Å².